The number of nitrogens with zero attached hydrogens (tertiary/aromatic N) is 1. The van der Waals surface area contributed by atoms with Crippen LogP contribution >= 0.6 is 0 Å². The highest BCUT2D eigenvalue weighted by atomic mass is 16.4. The number of nitrogens with one attached hydrogen (secondary N) is 1. The van der Waals surface area contributed by atoms with Crippen molar-refractivity contribution in [3.63, 3.8) is 0 Å². The minimum atomic E-state index is -0.948. The second-order valence-corrected chi connectivity index (χ2v) is 5.45. The number of likely N-dealkylation sites (N-methyl/N-ethyl adjacent to an activating group) is 1. The summed E-state index contributed by atoms with van der Waals surface area (Å²) in [6, 6.07) is 7.72. The second-order valence-electron chi connectivity index (χ2n) is 5.45. The lowest BCUT2D eigenvalue weighted by molar-refractivity contribution is 0.0696. The summed E-state index contributed by atoms with van der Waals surface area (Å²) in [5.41, 5.74) is 0.876. The lowest BCUT2D eigenvalue weighted by Gasteiger charge is -2.20. The molecule has 0 atom stereocenters. The molecule has 0 bridgehead atoms. The fraction of sp³-hybridized carbons (Fsp3) is 0.438. The van der Waals surface area contributed by atoms with Crippen LogP contribution in [0, 0.1) is 0 Å². The molecule has 1 aromatic carbocycles. The average molecular weight is 290 g/mol. The molecule has 114 valence electrons. The van der Waals surface area contributed by atoms with Crippen LogP contribution in [-0.4, -0.2) is 42.2 Å². The van der Waals surface area contributed by atoms with Crippen molar-refractivity contribution in [3.05, 3.63) is 35.6 Å². The van der Waals surface area contributed by atoms with E-state index in [0.717, 1.165) is 13.1 Å². The molecule has 0 radical (unpaired) electrons. The van der Waals surface area contributed by atoms with Gasteiger partial charge in [0, 0.05) is 24.5 Å². The zero-order chi connectivity index (χ0) is 15.4. The van der Waals surface area contributed by atoms with Crippen LogP contribution in [-0.2, 0) is 6.54 Å². The summed E-state index contributed by atoms with van der Waals surface area (Å²) in [5, 5.41) is 13.3. The third-order valence-corrected chi connectivity index (χ3v) is 3.69. The number of carboxylic acids is 1. The highest BCUT2D eigenvalue weighted by molar-refractivity contribution is 6.03. The Morgan fingerprint density at radius 2 is 2.10 bits per heavy atom. The van der Waals surface area contributed by atoms with Crippen LogP contribution in [0.5, 0.6) is 0 Å². The van der Waals surface area contributed by atoms with Gasteiger partial charge in [0.05, 0.1) is 6.54 Å². The van der Waals surface area contributed by atoms with Crippen molar-refractivity contribution in [2.75, 3.05) is 20.1 Å². The molecule has 21 heavy (non-hydrogen) atoms. The molecule has 0 saturated carbocycles. The van der Waals surface area contributed by atoms with Crippen molar-refractivity contribution in [1.29, 1.82) is 0 Å². The predicted molar refractivity (Wildman–Crippen MR) is 82.6 cm³/mol. The summed E-state index contributed by atoms with van der Waals surface area (Å²) in [4.78, 5) is 13.7. The Balaban J connectivity index is 2.05. The van der Waals surface area contributed by atoms with Gasteiger partial charge in [-0.25, -0.2) is 4.79 Å². The van der Waals surface area contributed by atoms with Crippen LogP contribution in [0.15, 0.2) is 28.7 Å². The Kier molecular flexibility index (Phi) is 4.98. The monoisotopic (exact) mass is 290 g/mol. The van der Waals surface area contributed by atoms with Crippen LogP contribution in [0.4, 0.5) is 0 Å². The first-order valence-corrected chi connectivity index (χ1v) is 7.15. The summed E-state index contributed by atoms with van der Waals surface area (Å²) in [7, 11) is 2.07. The van der Waals surface area contributed by atoms with Crippen LogP contribution in [0.1, 0.15) is 30.0 Å². The molecule has 0 amide bonds. The molecule has 2 rings (SSSR count). The fourth-order valence-corrected chi connectivity index (χ4v) is 2.17. The van der Waals surface area contributed by atoms with Crippen molar-refractivity contribution in [2.24, 2.45) is 0 Å². The molecule has 2 aromatic rings. The third kappa shape index (κ3) is 3.62. The van der Waals surface area contributed by atoms with E-state index >= 15 is 0 Å². The van der Waals surface area contributed by atoms with Crippen molar-refractivity contribution in [2.45, 2.75) is 26.4 Å². The standard InChI is InChI=1S/C16H22N2O3/c1-11(2)18(3)9-8-17-10-14-15(16(19)20)12-6-4-5-7-13(12)21-14/h4-7,11,17H,8-10H2,1-3H3,(H,19,20). The Bertz CT molecular complexity index is 619. The summed E-state index contributed by atoms with van der Waals surface area (Å²) in [6.07, 6.45) is 0. The molecule has 0 spiro atoms. The number of carboxylic acid groups (broad SMARTS) is 1. The van der Waals surface area contributed by atoms with Gasteiger partial charge in [-0.05, 0) is 27.0 Å². The van der Waals surface area contributed by atoms with Crippen LogP contribution in [0.2, 0.25) is 0 Å². The molecule has 0 aliphatic carbocycles. The number of furan rings is 1. The lowest BCUT2D eigenvalue weighted by Crippen LogP contribution is -2.33. The van der Waals surface area contributed by atoms with Gasteiger partial charge in [-0.15, -0.1) is 0 Å². The predicted octanol–water partition coefficient (Wildman–Crippen LogP) is 2.56. The van der Waals surface area contributed by atoms with Crippen LogP contribution < -0.4 is 5.32 Å². The highest BCUT2D eigenvalue weighted by Gasteiger charge is 2.19. The highest BCUT2D eigenvalue weighted by Crippen LogP contribution is 2.25. The Morgan fingerprint density at radius 1 is 1.38 bits per heavy atom. The van der Waals surface area contributed by atoms with Gasteiger partial charge in [-0.2, -0.15) is 0 Å². The summed E-state index contributed by atoms with van der Waals surface area (Å²) < 4.78 is 5.66. The largest absolute Gasteiger partial charge is 0.478 e. The van der Waals surface area contributed by atoms with Gasteiger partial charge in [0.1, 0.15) is 16.9 Å². The van der Waals surface area contributed by atoms with Gasteiger partial charge in [0.2, 0.25) is 0 Å². The number of para-hydroxylation sites is 1. The first kappa shape index (κ1) is 15.5. The Morgan fingerprint density at radius 3 is 2.76 bits per heavy atom. The SMILES string of the molecule is CC(C)N(C)CCNCc1oc2ccccc2c1C(=O)O. The van der Waals surface area contributed by atoms with Crippen LogP contribution in [0.25, 0.3) is 11.0 Å². The van der Waals surface area contributed by atoms with Crippen molar-refractivity contribution >= 4 is 16.9 Å². The first-order valence-electron chi connectivity index (χ1n) is 7.15. The summed E-state index contributed by atoms with van der Waals surface area (Å²) in [6.45, 7) is 6.39. The maximum absolute atomic E-state index is 11.4. The minimum Gasteiger partial charge on any atom is -0.478 e. The number of hydrogen-bond acceptors (Lipinski definition) is 4. The number of benzene rings is 1. The van der Waals surface area contributed by atoms with Gasteiger partial charge in [-0.3, -0.25) is 0 Å². The summed E-state index contributed by atoms with van der Waals surface area (Å²) in [5.74, 6) is -0.466. The number of carbonyl (C=O) groups is 1. The molecule has 5 nitrogen and oxygen atoms in total. The van der Waals surface area contributed by atoms with Gasteiger partial charge in [0.15, 0.2) is 0 Å². The zero-order valence-corrected chi connectivity index (χ0v) is 12.7. The molecule has 1 heterocycles. The van der Waals surface area contributed by atoms with Gasteiger partial charge >= 0.3 is 5.97 Å². The van der Waals surface area contributed by atoms with E-state index < -0.39 is 5.97 Å². The van der Waals surface area contributed by atoms with Gasteiger partial charge in [-0.1, -0.05) is 18.2 Å². The molecule has 0 aliphatic rings. The van der Waals surface area contributed by atoms with E-state index in [2.05, 4.69) is 31.1 Å². The van der Waals surface area contributed by atoms with Gasteiger partial charge in [0.25, 0.3) is 0 Å². The molecule has 0 saturated heterocycles. The molecular weight excluding hydrogens is 268 g/mol. The van der Waals surface area contributed by atoms with E-state index in [0.29, 0.717) is 29.3 Å². The van der Waals surface area contributed by atoms with Gasteiger partial charge < -0.3 is 19.7 Å². The fourth-order valence-electron chi connectivity index (χ4n) is 2.17. The summed E-state index contributed by atoms with van der Waals surface area (Å²) >= 11 is 0. The molecule has 0 unspecified atom stereocenters. The number of hydrogen-bond donors (Lipinski definition) is 2. The molecule has 5 heteroatoms. The molecule has 0 fully saturated rings. The number of aromatic carboxylic acids is 1. The van der Waals surface area contributed by atoms with E-state index in [1.54, 1.807) is 12.1 Å². The first-order chi connectivity index (χ1) is 10.0. The van der Waals surface area contributed by atoms with E-state index in [1.165, 1.54) is 0 Å². The minimum absolute atomic E-state index is 0.260. The normalized spacial score (nSPS) is 11.7. The van der Waals surface area contributed by atoms with Crippen molar-refractivity contribution < 1.29 is 14.3 Å². The number of rotatable bonds is 7. The van der Waals surface area contributed by atoms with Crippen molar-refractivity contribution in [3.8, 4) is 0 Å². The van der Waals surface area contributed by atoms with E-state index in [-0.39, 0.29) is 5.56 Å². The molecule has 0 aliphatic heterocycles. The van der Waals surface area contributed by atoms with E-state index in [4.69, 9.17) is 4.42 Å². The maximum Gasteiger partial charge on any atom is 0.339 e. The zero-order valence-electron chi connectivity index (χ0n) is 12.7. The molecular formula is C16H22N2O3. The average Bonchev–Trinajstić information content (AvgIpc) is 2.81. The topological polar surface area (TPSA) is 65.7 Å². The Hall–Kier alpha value is -1.85. The third-order valence-electron chi connectivity index (χ3n) is 3.69. The van der Waals surface area contributed by atoms with E-state index in [1.807, 2.05) is 12.1 Å². The number of fused-ring (bicyclic) bond motifs is 1. The van der Waals surface area contributed by atoms with E-state index in [9.17, 15) is 9.90 Å². The molecule has 2 N–H and O–H groups in total. The molecule has 1 aromatic heterocycles. The lowest BCUT2D eigenvalue weighted by atomic mass is 10.1. The Labute approximate surface area is 124 Å². The smallest absolute Gasteiger partial charge is 0.339 e. The van der Waals surface area contributed by atoms with Crippen LogP contribution in [0.3, 0.4) is 0 Å². The van der Waals surface area contributed by atoms with Crippen molar-refractivity contribution in [1.82, 2.24) is 10.2 Å². The second kappa shape index (κ2) is 6.74. The quantitative estimate of drug-likeness (QED) is 0.767. The maximum atomic E-state index is 11.4.